The highest BCUT2D eigenvalue weighted by molar-refractivity contribution is 6.31. The summed E-state index contributed by atoms with van der Waals surface area (Å²) >= 11 is 6.07. The zero-order valence-electron chi connectivity index (χ0n) is 14.4. The summed E-state index contributed by atoms with van der Waals surface area (Å²) in [5, 5.41) is 3.44. The highest BCUT2D eigenvalue weighted by Crippen LogP contribution is 2.31. The van der Waals surface area contributed by atoms with Crippen LogP contribution < -0.4 is 14.8 Å². The number of amides is 1. The molecule has 0 aliphatic carbocycles. The van der Waals surface area contributed by atoms with Gasteiger partial charge in [0.15, 0.2) is 0 Å². The van der Waals surface area contributed by atoms with Crippen LogP contribution in [0.5, 0.6) is 11.5 Å². The summed E-state index contributed by atoms with van der Waals surface area (Å²) in [6.07, 6.45) is 0.248. The zero-order chi connectivity index (χ0) is 17.7. The third-order valence-corrected chi connectivity index (χ3v) is 4.30. The number of rotatable bonds is 6. The van der Waals surface area contributed by atoms with Crippen LogP contribution in [0.2, 0.25) is 5.02 Å². The number of carbonyl (C=O) groups is 1. The Labute approximate surface area is 147 Å². The number of halogens is 1. The molecular weight excluding hydrogens is 326 g/mol. The van der Waals surface area contributed by atoms with E-state index in [1.54, 1.807) is 19.2 Å². The molecule has 0 aliphatic heterocycles. The Hall–Kier alpha value is -2.20. The molecule has 0 atom stereocenters. The Morgan fingerprint density at radius 2 is 1.88 bits per heavy atom. The highest BCUT2D eigenvalue weighted by atomic mass is 35.5. The molecule has 1 amide bonds. The van der Waals surface area contributed by atoms with Crippen molar-refractivity contribution in [2.24, 2.45) is 0 Å². The van der Waals surface area contributed by atoms with Crippen LogP contribution in [0.25, 0.3) is 0 Å². The number of hydrogen-bond donors (Lipinski definition) is 1. The van der Waals surface area contributed by atoms with Crippen molar-refractivity contribution in [2.45, 2.75) is 27.2 Å². The molecule has 0 bridgehead atoms. The van der Waals surface area contributed by atoms with Crippen LogP contribution >= 0.6 is 11.6 Å². The van der Waals surface area contributed by atoms with Crippen molar-refractivity contribution >= 4 is 23.2 Å². The summed E-state index contributed by atoms with van der Waals surface area (Å²) in [5.41, 5.74) is 3.74. The lowest BCUT2D eigenvalue weighted by atomic mass is 10.1. The maximum absolute atomic E-state index is 12.1. The molecule has 0 saturated carbocycles. The summed E-state index contributed by atoms with van der Waals surface area (Å²) in [6.45, 7) is 6.22. The van der Waals surface area contributed by atoms with E-state index in [4.69, 9.17) is 21.1 Å². The molecular formula is C19H22ClNO3. The second-order valence-corrected chi connectivity index (χ2v) is 6.05. The minimum absolute atomic E-state index is 0.139. The smallest absolute Gasteiger partial charge is 0.227 e. The standard InChI is InChI=1S/C19H22ClNO3/c1-12-6-5-7-17(14(12)3)24-9-8-19(22)21-16-10-13(2)15(20)11-18(16)23-4/h5-7,10-11H,8-9H2,1-4H3,(H,21,22). The van der Waals surface area contributed by atoms with Gasteiger partial charge in [-0.2, -0.15) is 0 Å². The molecule has 5 heteroatoms. The van der Waals surface area contributed by atoms with E-state index in [1.165, 1.54) is 5.56 Å². The number of carbonyl (C=O) groups excluding carboxylic acids is 1. The second kappa shape index (κ2) is 8.06. The van der Waals surface area contributed by atoms with Crippen molar-refractivity contribution < 1.29 is 14.3 Å². The maximum atomic E-state index is 12.1. The molecule has 0 unspecified atom stereocenters. The van der Waals surface area contributed by atoms with Gasteiger partial charge in [-0.05, 0) is 49.6 Å². The molecule has 0 spiro atoms. The SMILES string of the molecule is COc1cc(Cl)c(C)cc1NC(=O)CCOc1cccc(C)c1C. The zero-order valence-corrected chi connectivity index (χ0v) is 15.2. The summed E-state index contributed by atoms with van der Waals surface area (Å²) in [4.78, 5) is 12.1. The van der Waals surface area contributed by atoms with E-state index >= 15 is 0 Å². The van der Waals surface area contributed by atoms with Gasteiger partial charge in [-0.25, -0.2) is 0 Å². The lowest BCUT2D eigenvalue weighted by Gasteiger charge is -2.13. The monoisotopic (exact) mass is 347 g/mol. The minimum Gasteiger partial charge on any atom is -0.495 e. The summed E-state index contributed by atoms with van der Waals surface area (Å²) in [7, 11) is 1.54. The van der Waals surface area contributed by atoms with Gasteiger partial charge < -0.3 is 14.8 Å². The van der Waals surface area contributed by atoms with Crippen molar-refractivity contribution in [1.29, 1.82) is 0 Å². The average Bonchev–Trinajstić information content (AvgIpc) is 2.54. The predicted molar refractivity (Wildman–Crippen MR) is 97.4 cm³/mol. The molecule has 1 N–H and O–H groups in total. The topological polar surface area (TPSA) is 47.6 Å². The summed E-state index contributed by atoms with van der Waals surface area (Å²) in [5.74, 6) is 1.21. The van der Waals surface area contributed by atoms with Crippen LogP contribution in [0.1, 0.15) is 23.1 Å². The van der Waals surface area contributed by atoms with Crippen LogP contribution in [0.3, 0.4) is 0 Å². The number of hydrogen-bond acceptors (Lipinski definition) is 3. The molecule has 2 rings (SSSR count). The number of ether oxygens (including phenoxy) is 2. The number of aryl methyl sites for hydroxylation is 2. The normalized spacial score (nSPS) is 10.4. The molecule has 0 aliphatic rings. The van der Waals surface area contributed by atoms with Crippen LogP contribution in [-0.2, 0) is 4.79 Å². The first-order chi connectivity index (χ1) is 11.4. The van der Waals surface area contributed by atoms with Crippen LogP contribution in [0.4, 0.5) is 5.69 Å². The number of methoxy groups -OCH3 is 1. The van der Waals surface area contributed by atoms with E-state index in [2.05, 4.69) is 5.32 Å². The van der Waals surface area contributed by atoms with E-state index in [1.807, 2.05) is 39.0 Å². The lowest BCUT2D eigenvalue weighted by Crippen LogP contribution is -2.16. The largest absolute Gasteiger partial charge is 0.495 e. The van der Waals surface area contributed by atoms with Crippen molar-refractivity contribution in [1.82, 2.24) is 0 Å². The Bertz CT molecular complexity index is 744. The second-order valence-electron chi connectivity index (χ2n) is 5.65. The van der Waals surface area contributed by atoms with Gasteiger partial charge in [0, 0.05) is 11.1 Å². The van der Waals surface area contributed by atoms with E-state index in [0.29, 0.717) is 23.1 Å². The summed E-state index contributed by atoms with van der Waals surface area (Å²) < 4.78 is 11.0. The Kier molecular flexibility index (Phi) is 6.10. The number of benzene rings is 2. The minimum atomic E-state index is -0.139. The van der Waals surface area contributed by atoms with Crippen LogP contribution in [0, 0.1) is 20.8 Å². The fraction of sp³-hybridized carbons (Fsp3) is 0.316. The van der Waals surface area contributed by atoms with Crippen molar-refractivity contribution in [3.63, 3.8) is 0 Å². The Balaban J connectivity index is 1.94. The molecule has 128 valence electrons. The van der Waals surface area contributed by atoms with Crippen molar-refractivity contribution in [2.75, 3.05) is 19.0 Å². The third-order valence-electron chi connectivity index (χ3n) is 3.90. The van der Waals surface area contributed by atoms with Gasteiger partial charge >= 0.3 is 0 Å². The first-order valence-electron chi connectivity index (χ1n) is 7.75. The van der Waals surface area contributed by atoms with Gasteiger partial charge in [-0.15, -0.1) is 0 Å². The van der Waals surface area contributed by atoms with E-state index < -0.39 is 0 Å². The van der Waals surface area contributed by atoms with Crippen LogP contribution in [-0.4, -0.2) is 19.6 Å². The molecule has 0 saturated heterocycles. The van der Waals surface area contributed by atoms with Crippen molar-refractivity contribution in [3.05, 3.63) is 52.0 Å². The van der Waals surface area contributed by atoms with E-state index in [9.17, 15) is 4.79 Å². The van der Waals surface area contributed by atoms with Gasteiger partial charge in [0.25, 0.3) is 0 Å². The molecule has 0 radical (unpaired) electrons. The van der Waals surface area contributed by atoms with Gasteiger partial charge in [-0.1, -0.05) is 23.7 Å². The molecule has 0 aromatic heterocycles. The molecule has 2 aromatic carbocycles. The van der Waals surface area contributed by atoms with Gasteiger partial charge in [0.1, 0.15) is 11.5 Å². The van der Waals surface area contributed by atoms with E-state index in [-0.39, 0.29) is 12.3 Å². The quantitative estimate of drug-likeness (QED) is 0.825. The fourth-order valence-electron chi connectivity index (χ4n) is 2.28. The highest BCUT2D eigenvalue weighted by Gasteiger charge is 2.11. The Morgan fingerprint density at radius 3 is 2.58 bits per heavy atom. The molecule has 4 nitrogen and oxygen atoms in total. The van der Waals surface area contributed by atoms with Gasteiger partial charge in [0.2, 0.25) is 5.91 Å². The van der Waals surface area contributed by atoms with Gasteiger partial charge in [-0.3, -0.25) is 4.79 Å². The molecule has 0 heterocycles. The number of anilines is 1. The predicted octanol–water partition coefficient (Wildman–Crippen LogP) is 4.68. The van der Waals surface area contributed by atoms with Crippen molar-refractivity contribution in [3.8, 4) is 11.5 Å². The maximum Gasteiger partial charge on any atom is 0.227 e. The number of nitrogens with one attached hydrogen (secondary N) is 1. The first-order valence-corrected chi connectivity index (χ1v) is 8.13. The molecule has 0 fully saturated rings. The average molecular weight is 348 g/mol. The third kappa shape index (κ3) is 4.42. The van der Waals surface area contributed by atoms with Gasteiger partial charge in [0.05, 0.1) is 25.8 Å². The summed E-state index contributed by atoms with van der Waals surface area (Å²) in [6, 6.07) is 9.37. The lowest BCUT2D eigenvalue weighted by molar-refractivity contribution is -0.116. The van der Waals surface area contributed by atoms with E-state index in [0.717, 1.165) is 16.9 Å². The first kappa shape index (κ1) is 18.1. The Morgan fingerprint density at radius 1 is 1.12 bits per heavy atom. The fourth-order valence-corrected chi connectivity index (χ4v) is 2.43. The molecule has 24 heavy (non-hydrogen) atoms. The van der Waals surface area contributed by atoms with Crippen LogP contribution in [0.15, 0.2) is 30.3 Å². The molecule has 2 aromatic rings.